The van der Waals surface area contributed by atoms with Crippen molar-refractivity contribution in [3.8, 4) is 0 Å². The maximum absolute atomic E-state index is 5.65. The van der Waals surface area contributed by atoms with Crippen LogP contribution in [0.5, 0.6) is 0 Å². The molecule has 4 nitrogen and oxygen atoms in total. The fraction of sp³-hybridized carbons (Fsp3) is 0.636. The predicted octanol–water partition coefficient (Wildman–Crippen LogP) is 1.60. The summed E-state index contributed by atoms with van der Waals surface area (Å²) in [4.78, 5) is 10.6. The van der Waals surface area contributed by atoms with Gasteiger partial charge in [-0.3, -0.25) is 0 Å². The number of hydrogen-bond donors (Lipinski definition) is 1. The zero-order valence-electron chi connectivity index (χ0n) is 9.40. The van der Waals surface area contributed by atoms with Crippen LogP contribution in [0.3, 0.4) is 0 Å². The van der Waals surface area contributed by atoms with Gasteiger partial charge in [-0.15, -0.1) is 0 Å². The number of aryl methyl sites for hydroxylation is 1. The third-order valence-corrected chi connectivity index (χ3v) is 2.74. The predicted molar refractivity (Wildman–Crippen MR) is 61.8 cm³/mol. The van der Waals surface area contributed by atoms with Crippen LogP contribution in [0.15, 0.2) is 6.07 Å². The van der Waals surface area contributed by atoms with Crippen molar-refractivity contribution in [3.63, 3.8) is 0 Å². The summed E-state index contributed by atoms with van der Waals surface area (Å²) in [5, 5.41) is 0. The fourth-order valence-corrected chi connectivity index (χ4v) is 1.73. The number of hydrogen-bond acceptors (Lipinski definition) is 4. The van der Waals surface area contributed by atoms with Crippen LogP contribution in [0.25, 0.3) is 0 Å². The fourth-order valence-electron chi connectivity index (χ4n) is 1.73. The Balaban J connectivity index is 2.16. The van der Waals surface area contributed by atoms with Gasteiger partial charge in [0.15, 0.2) is 0 Å². The van der Waals surface area contributed by atoms with Gasteiger partial charge in [0.1, 0.15) is 5.82 Å². The quantitative estimate of drug-likeness (QED) is 0.813. The lowest BCUT2D eigenvalue weighted by molar-refractivity contribution is 0.730. The van der Waals surface area contributed by atoms with Gasteiger partial charge in [-0.05, 0) is 32.6 Å². The Morgan fingerprint density at radius 1 is 1.47 bits per heavy atom. The first-order chi connectivity index (χ1) is 7.19. The number of aromatic nitrogens is 2. The second-order valence-corrected chi connectivity index (χ2v) is 4.21. The highest BCUT2D eigenvalue weighted by Crippen LogP contribution is 2.31. The first-order valence-electron chi connectivity index (χ1n) is 5.55. The SMILES string of the molecule is CCN(CC1CC1)c1cc(C)nc(N)n1. The molecule has 82 valence electrons. The third-order valence-electron chi connectivity index (χ3n) is 2.74. The number of rotatable bonds is 4. The van der Waals surface area contributed by atoms with Gasteiger partial charge in [-0.2, -0.15) is 4.98 Å². The van der Waals surface area contributed by atoms with Gasteiger partial charge in [0.25, 0.3) is 0 Å². The summed E-state index contributed by atoms with van der Waals surface area (Å²) in [6.45, 7) is 6.18. The van der Waals surface area contributed by atoms with Crippen LogP contribution in [0, 0.1) is 12.8 Å². The molecule has 0 saturated heterocycles. The van der Waals surface area contributed by atoms with Crippen molar-refractivity contribution in [3.05, 3.63) is 11.8 Å². The largest absolute Gasteiger partial charge is 0.368 e. The Kier molecular flexibility index (Phi) is 2.75. The zero-order valence-corrected chi connectivity index (χ0v) is 9.40. The summed E-state index contributed by atoms with van der Waals surface area (Å²) in [6.07, 6.45) is 2.71. The van der Waals surface area contributed by atoms with Crippen molar-refractivity contribution < 1.29 is 0 Å². The second kappa shape index (κ2) is 4.04. The minimum absolute atomic E-state index is 0.374. The molecule has 4 heteroatoms. The molecular formula is C11H18N4. The number of nitrogen functional groups attached to an aromatic ring is 1. The summed E-state index contributed by atoms with van der Waals surface area (Å²) in [6, 6.07) is 2.00. The molecule has 0 aliphatic heterocycles. The Labute approximate surface area is 90.5 Å². The maximum Gasteiger partial charge on any atom is 0.222 e. The second-order valence-electron chi connectivity index (χ2n) is 4.21. The molecule has 0 amide bonds. The summed E-state index contributed by atoms with van der Waals surface area (Å²) < 4.78 is 0. The molecule has 1 saturated carbocycles. The molecule has 1 aliphatic rings. The van der Waals surface area contributed by atoms with Crippen molar-refractivity contribution in [1.82, 2.24) is 9.97 Å². The highest BCUT2D eigenvalue weighted by Gasteiger charge is 2.24. The first kappa shape index (κ1) is 10.2. The lowest BCUT2D eigenvalue weighted by atomic mass is 10.3. The third kappa shape index (κ3) is 2.58. The van der Waals surface area contributed by atoms with Crippen molar-refractivity contribution >= 4 is 11.8 Å². The number of anilines is 2. The molecule has 0 spiro atoms. The van der Waals surface area contributed by atoms with Crippen LogP contribution in [0.4, 0.5) is 11.8 Å². The molecule has 0 atom stereocenters. The average molecular weight is 206 g/mol. The van der Waals surface area contributed by atoms with E-state index in [1.165, 1.54) is 12.8 Å². The van der Waals surface area contributed by atoms with Gasteiger partial charge < -0.3 is 10.6 Å². The smallest absolute Gasteiger partial charge is 0.222 e. The van der Waals surface area contributed by atoms with Crippen molar-refractivity contribution in [2.24, 2.45) is 5.92 Å². The van der Waals surface area contributed by atoms with Crippen molar-refractivity contribution in [2.75, 3.05) is 23.7 Å². The highest BCUT2D eigenvalue weighted by molar-refractivity contribution is 5.43. The summed E-state index contributed by atoms with van der Waals surface area (Å²) in [5.74, 6) is 2.20. The topological polar surface area (TPSA) is 55.0 Å². The lowest BCUT2D eigenvalue weighted by Gasteiger charge is -2.22. The van der Waals surface area contributed by atoms with Crippen LogP contribution in [-0.2, 0) is 0 Å². The van der Waals surface area contributed by atoms with Crippen LogP contribution < -0.4 is 10.6 Å². The molecule has 1 fully saturated rings. The van der Waals surface area contributed by atoms with E-state index in [9.17, 15) is 0 Å². The van der Waals surface area contributed by atoms with Gasteiger partial charge in [-0.25, -0.2) is 4.98 Å². The standard InChI is InChI=1S/C11H18N4/c1-3-15(7-9-4-5-9)10-6-8(2)13-11(12)14-10/h6,9H,3-5,7H2,1-2H3,(H2,12,13,14). The van der Waals surface area contributed by atoms with Gasteiger partial charge in [0.2, 0.25) is 5.95 Å². The van der Waals surface area contributed by atoms with E-state index in [0.717, 1.165) is 30.5 Å². The van der Waals surface area contributed by atoms with Crippen LogP contribution in [-0.4, -0.2) is 23.1 Å². The minimum Gasteiger partial charge on any atom is -0.368 e. The van der Waals surface area contributed by atoms with E-state index < -0.39 is 0 Å². The molecule has 0 radical (unpaired) electrons. The van der Waals surface area contributed by atoms with E-state index in [4.69, 9.17) is 5.73 Å². The molecule has 2 rings (SSSR count). The average Bonchev–Trinajstić information content (AvgIpc) is 2.96. The van der Waals surface area contributed by atoms with E-state index in [2.05, 4.69) is 21.8 Å². The molecule has 2 N–H and O–H groups in total. The monoisotopic (exact) mass is 206 g/mol. The van der Waals surface area contributed by atoms with E-state index in [1.807, 2.05) is 13.0 Å². The summed E-state index contributed by atoms with van der Waals surface area (Å²) in [5.41, 5.74) is 6.59. The Bertz CT molecular complexity index is 326. The lowest BCUT2D eigenvalue weighted by Crippen LogP contribution is -2.26. The zero-order chi connectivity index (χ0) is 10.8. The van der Waals surface area contributed by atoms with Crippen LogP contribution in [0.2, 0.25) is 0 Å². The normalized spacial score (nSPS) is 15.3. The molecule has 0 unspecified atom stereocenters. The Morgan fingerprint density at radius 2 is 2.20 bits per heavy atom. The van der Waals surface area contributed by atoms with E-state index in [0.29, 0.717) is 5.95 Å². The molecule has 1 aliphatic carbocycles. The number of nitrogens with zero attached hydrogens (tertiary/aromatic N) is 3. The minimum atomic E-state index is 0.374. The van der Waals surface area contributed by atoms with E-state index in [-0.39, 0.29) is 0 Å². The Hall–Kier alpha value is -1.32. The number of nitrogens with two attached hydrogens (primary N) is 1. The summed E-state index contributed by atoms with van der Waals surface area (Å²) >= 11 is 0. The van der Waals surface area contributed by atoms with E-state index in [1.54, 1.807) is 0 Å². The van der Waals surface area contributed by atoms with Crippen molar-refractivity contribution in [2.45, 2.75) is 26.7 Å². The molecule has 0 aromatic carbocycles. The van der Waals surface area contributed by atoms with Crippen LogP contribution >= 0.6 is 0 Å². The first-order valence-corrected chi connectivity index (χ1v) is 5.55. The highest BCUT2D eigenvalue weighted by atomic mass is 15.2. The molecular weight excluding hydrogens is 188 g/mol. The molecule has 1 aromatic heterocycles. The van der Waals surface area contributed by atoms with Gasteiger partial charge in [0.05, 0.1) is 0 Å². The summed E-state index contributed by atoms with van der Waals surface area (Å²) in [7, 11) is 0. The molecule has 1 heterocycles. The maximum atomic E-state index is 5.65. The van der Waals surface area contributed by atoms with Gasteiger partial charge in [-0.1, -0.05) is 0 Å². The van der Waals surface area contributed by atoms with E-state index >= 15 is 0 Å². The van der Waals surface area contributed by atoms with Gasteiger partial charge in [0, 0.05) is 24.8 Å². The molecule has 15 heavy (non-hydrogen) atoms. The molecule has 1 aromatic rings. The van der Waals surface area contributed by atoms with Gasteiger partial charge >= 0.3 is 0 Å². The Morgan fingerprint density at radius 3 is 2.73 bits per heavy atom. The molecule has 0 bridgehead atoms. The van der Waals surface area contributed by atoms with Crippen molar-refractivity contribution in [1.29, 1.82) is 0 Å². The van der Waals surface area contributed by atoms with Crippen LogP contribution in [0.1, 0.15) is 25.5 Å².